The van der Waals surface area contributed by atoms with Gasteiger partial charge in [0.25, 0.3) is 0 Å². The van der Waals surface area contributed by atoms with Gasteiger partial charge in [-0.3, -0.25) is 15.1 Å². The van der Waals surface area contributed by atoms with Crippen molar-refractivity contribution >= 4 is 11.9 Å². The van der Waals surface area contributed by atoms with Crippen LogP contribution < -0.4 is 16.4 Å². The maximum absolute atomic E-state index is 10.2. The Morgan fingerprint density at radius 3 is 3.25 bits per heavy atom. The van der Waals surface area contributed by atoms with Gasteiger partial charge in [0.2, 0.25) is 0 Å². The van der Waals surface area contributed by atoms with Gasteiger partial charge in [0.1, 0.15) is 0 Å². The van der Waals surface area contributed by atoms with Crippen molar-refractivity contribution in [2.24, 2.45) is 10.7 Å². The second-order valence-electron chi connectivity index (χ2n) is 2.53. The lowest BCUT2D eigenvalue weighted by molar-refractivity contribution is -0.136. The number of nitrogens with two attached hydrogens (primary N) is 1. The molecule has 1 atom stereocenters. The molecule has 0 radical (unpaired) electrons. The number of guanidine groups is 1. The molecule has 0 saturated heterocycles. The minimum absolute atomic E-state index is 0.0645. The summed E-state index contributed by atoms with van der Waals surface area (Å²) in [5.41, 5.74) is 5.38. The Balaban J connectivity index is 2.26. The van der Waals surface area contributed by atoms with Gasteiger partial charge in [-0.05, 0) is 0 Å². The molecule has 0 amide bonds. The molecule has 1 rings (SSSR count). The minimum Gasteiger partial charge on any atom is -0.480 e. The molecule has 0 bridgehead atoms. The Morgan fingerprint density at radius 2 is 2.67 bits per heavy atom. The fourth-order valence-electron chi connectivity index (χ4n) is 0.974. The molecule has 0 spiro atoms. The molecule has 0 saturated carbocycles. The van der Waals surface area contributed by atoms with E-state index in [0.29, 0.717) is 12.5 Å². The van der Waals surface area contributed by atoms with Crippen LogP contribution >= 0.6 is 0 Å². The van der Waals surface area contributed by atoms with E-state index in [2.05, 4.69) is 15.6 Å². The smallest absolute Gasteiger partial charge is 0.317 e. The number of carboxylic acids is 1. The van der Waals surface area contributed by atoms with Crippen molar-refractivity contribution in [2.45, 2.75) is 12.6 Å². The van der Waals surface area contributed by atoms with Crippen LogP contribution in [0.1, 0.15) is 6.42 Å². The second-order valence-corrected chi connectivity index (χ2v) is 2.53. The first-order valence-corrected chi connectivity index (χ1v) is 3.70. The van der Waals surface area contributed by atoms with E-state index < -0.39 is 5.97 Å². The van der Waals surface area contributed by atoms with Gasteiger partial charge >= 0.3 is 5.97 Å². The Labute approximate surface area is 69.8 Å². The largest absolute Gasteiger partial charge is 0.480 e. The van der Waals surface area contributed by atoms with E-state index in [1.807, 2.05) is 0 Å². The van der Waals surface area contributed by atoms with Gasteiger partial charge in [0, 0.05) is 13.0 Å². The Kier molecular flexibility index (Phi) is 2.87. The summed E-state index contributed by atoms with van der Waals surface area (Å²) >= 11 is 0. The zero-order valence-corrected chi connectivity index (χ0v) is 6.58. The van der Waals surface area contributed by atoms with Crippen LogP contribution in [0, 0.1) is 0 Å². The van der Waals surface area contributed by atoms with Crippen molar-refractivity contribution in [2.75, 3.05) is 13.1 Å². The van der Waals surface area contributed by atoms with Gasteiger partial charge in [-0.15, -0.1) is 0 Å². The van der Waals surface area contributed by atoms with Gasteiger partial charge in [-0.1, -0.05) is 0 Å². The van der Waals surface area contributed by atoms with Gasteiger partial charge < -0.3 is 16.2 Å². The van der Waals surface area contributed by atoms with Crippen molar-refractivity contribution in [3.05, 3.63) is 0 Å². The van der Waals surface area contributed by atoms with Gasteiger partial charge in [-0.25, -0.2) is 0 Å². The highest BCUT2D eigenvalue weighted by Gasteiger charge is 2.13. The minimum atomic E-state index is -0.877. The lowest BCUT2D eigenvalue weighted by Gasteiger charge is -2.22. The third-order valence-electron chi connectivity index (χ3n) is 1.52. The third-order valence-corrected chi connectivity index (χ3v) is 1.52. The molecule has 12 heavy (non-hydrogen) atoms. The first-order valence-electron chi connectivity index (χ1n) is 3.70. The molecular formula is C6H12N4O2. The summed E-state index contributed by atoms with van der Waals surface area (Å²) < 4.78 is 0. The maximum Gasteiger partial charge on any atom is 0.317 e. The molecule has 0 aromatic carbocycles. The number of nitrogens with zero attached hydrogens (tertiary/aromatic N) is 1. The lowest BCUT2D eigenvalue weighted by atomic mass is 10.3. The number of hydrogen-bond donors (Lipinski definition) is 4. The van der Waals surface area contributed by atoms with Gasteiger partial charge in [-0.2, -0.15) is 0 Å². The quantitative estimate of drug-likeness (QED) is 0.406. The van der Waals surface area contributed by atoms with Crippen molar-refractivity contribution < 1.29 is 9.90 Å². The number of rotatable bonds is 3. The van der Waals surface area contributed by atoms with E-state index in [0.717, 1.165) is 6.42 Å². The van der Waals surface area contributed by atoms with Gasteiger partial charge in [0.15, 0.2) is 5.96 Å². The molecule has 0 aromatic heterocycles. The molecule has 1 aliphatic heterocycles. The number of nitrogens with one attached hydrogen (secondary N) is 2. The summed E-state index contributed by atoms with van der Waals surface area (Å²) in [5.74, 6) is -0.512. The van der Waals surface area contributed by atoms with Crippen LogP contribution in [0.25, 0.3) is 0 Å². The first kappa shape index (κ1) is 8.79. The monoisotopic (exact) mass is 172 g/mol. The van der Waals surface area contributed by atoms with Crippen LogP contribution in [-0.2, 0) is 4.79 Å². The third kappa shape index (κ3) is 2.75. The van der Waals surface area contributed by atoms with E-state index in [9.17, 15) is 4.79 Å². The summed E-state index contributed by atoms with van der Waals surface area (Å²) in [6.45, 7) is 0.571. The summed E-state index contributed by atoms with van der Waals surface area (Å²) in [6.07, 6.45) is 0.687. The van der Waals surface area contributed by atoms with Crippen LogP contribution in [-0.4, -0.2) is 36.3 Å². The summed E-state index contributed by atoms with van der Waals surface area (Å²) in [6, 6.07) is 0. The molecule has 1 aliphatic rings. The predicted molar refractivity (Wildman–Crippen MR) is 43.7 cm³/mol. The van der Waals surface area contributed by atoms with E-state index in [1.165, 1.54) is 0 Å². The zero-order valence-electron chi connectivity index (χ0n) is 6.58. The molecule has 0 aromatic rings. The molecule has 5 N–H and O–H groups in total. The van der Waals surface area contributed by atoms with E-state index >= 15 is 0 Å². The summed E-state index contributed by atoms with van der Waals surface area (Å²) in [7, 11) is 0. The van der Waals surface area contributed by atoms with Crippen molar-refractivity contribution in [3.63, 3.8) is 0 Å². The normalized spacial score (nSPS) is 22.7. The molecule has 1 unspecified atom stereocenters. The standard InChI is InChI=1S/C6H12N4O2/c7-6-8-2-1-4(10-6)9-3-5(11)12/h4,9H,1-3H2,(H,11,12)(H3,7,8,10). The van der Waals surface area contributed by atoms with Crippen molar-refractivity contribution in [1.82, 2.24) is 10.6 Å². The Hall–Kier alpha value is -1.30. The second kappa shape index (κ2) is 3.91. The highest BCUT2D eigenvalue weighted by atomic mass is 16.4. The first-order chi connectivity index (χ1) is 5.68. The Bertz CT molecular complexity index is 204. The highest BCUT2D eigenvalue weighted by molar-refractivity contribution is 5.78. The van der Waals surface area contributed by atoms with E-state index in [1.54, 1.807) is 0 Å². The molecule has 6 nitrogen and oxygen atoms in total. The fourth-order valence-corrected chi connectivity index (χ4v) is 0.974. The van der Waals surface area contributed by atoms with Gasteiger partial charge in [0.05, 0.1) is 12.7 Å². The molecule has 6 heteroatoms. The topological polar surface area (TPSA) is 99.7 Å². The average molecular weight is 172 g/mol. The molecule has 1 heterocycles. The number of carboxylic acid groups (broad SMARTS) is 1. The van der Waals surface area contributed by atoms with Crippen LogP contribution in [0.5, 0.6) is 0 Å². The molecular weight excluding hydrogens is 160 g/mol. The van der Waals surface area contributed by atoms with Crippen LogP contribution in [0.3, 0.4) is 0 Å². The average Bonchev–Trinajstić information content (AvgIpc) is 2.01. The SMILES string of the molecule is NC1=NCCC(NCC(=O)O)N1. The van der Waals surface area contributed by atoms with Crippen LogP contribution in [0.15, 0.2) is 4.99 Å². The fraction of sp³-hybridized carbons (Fsp3) is 0.667. The van der Waals surface area contributed by atoms with Crippen LogP contribution in [0.2, 0.25) is 0 Å². The summed E-state index contributed by atoms with van der Waals surface area (Å²) in [5, 5.41) is 14.0. The number of aliphatic imine (C=N–C) groups is 1. The molecule has 68 valence electrons. The predicted octanol–water partition coefficient (Wildman–Crippen LogP) is -1.71. The number of aliphatic carboxylic acids is 1. The van der Waals surface area contributed by atoms with Crippen molar-refractivity contribution in [1.29, 1.82) is 0 Å². The molecule has 0 fully saturated rings. The Morgan fingerprint density at radius 1 is 1.92 bits per heavy atom. The number of hydrogen-bond acceptors (Lipinski definition) is 5. The lowest BCUT2D eigenvalue weighted by Crippen LogP contribution is -2.52. The van der Waals surface area contributed by atoms with E-state index in [4.69, 9.17) is 10.8 Å². The highest BCUT2D eigenvalue weighted by Crippen LogP contribution is 1.93. The van der Waals surface area contributed by atoms with Crippen LogP contribution in [0.4, 0.5) is 0 Å². The van der Waals surface area contributed by atoms with Crippen molar-refractivity contribution in [3.8, 4) is 0 Å². The molecule has 0 aliphatic carbocycles. The zero-order chi connectivity index (χ0) is 8.97. The summed E-state index contributed by atoms with van der Waals surface area (Å²) in [4.78, 5) is 14.1. The maximum atomic E-state index is 10.2. The van der Waals surface area contributed by atoms with E-state index in [-0.39, 0.29) is 12.7 Å². The number of carbonyl (C=O) groups is 1.